The van der Waals surface area contributed by atoms with Gasteiger partial charge in [0.2, 0.25) is 10.0 Å². The molecule has 7 nitrogen and oxygen atoms in total. The van der Waals surface area contributed by atoms with Crippen LogP contribution in [-0.2, 0) is 24.7 Å². The van der Waals surface area contributed by atoms with Crippen molar-refractivity contribution in [3.05, 3.63) is 29.8 Å². The van der Waals surface area contributed by atoms with Crippen LogP contribution in [0.15, 0.2) is 29.2 Å². The van der Waals surface area contributed by atoms with Crippen LogP contribution in [0.3, 0.4) is 0 Å². The number of carbonyl (C=O) groups is 1. The van der Waals surface area contributed by atoms with Crippen molar-refractivity contribution in [2.24, 2.45) is 0 Å². The van der Waals surface area contributed by atoms with E-state index in [9.17, 15) is 21.6 Å². The highest BCUT2D eigenvalue weighted by molar-refractivity contribution is 7.92. The number of sulfonamides is 1. The normalized spacial score (nSPS) is 25.2. The van der Waals surface area contributed by atoms with E-state index in [1.165, 1.54) is 31.4 Å². The van der Waals surface area contributed by atoms with E-state index in [1.54, 1.807) is 12.1 Å². The van der Waals surface area contributed by atoms with E-state index in [0.717, 1.165) is 18.4 Å². The predicted octanol–water partition coefficient (Wildman–Crippen LogP) is 2.66. The molecule has 30 heavy (non-hydrogen) atoms. The molecule has 1 saturated heterocycles. The fourth-order valence-electron chi connectivity index (χ4n) is 3.98. The maximum absolute atomic E-state index is 12.8. The average molecular weight is 518 g/mol. The minimum absolute atomic E-state index is 0.0258. The number of amides is 1. The first kappa shape index (κ1) is 24.1. The lowest BCUT2D eigenvalue weighted by Crippen LogP contribution is -2.53. The smallest absolute Gasteiger partial charge is 0.272 e. The van der Waals surface area contributed by atoms with E-state index in [0.29, 0.717) is 5.92 Å². The van der Waals surface area contributed by atoms with E-state index < -0.39 is 53.1 Å². The summed E-state index contributed by atoms with van der Waals surface area (Å²) in [5.41, 5.74) is 1.10. The molecule has 2 aliphatic rings. The molecule has 1 aromatic carbocycles. The molecular weight excluding hydrogens is 495 g/mol. The standard InChI is InChI=1S/C18H23Cl3N2O5S2/c19-18(20,21)17(24)22-15-10-29(25,26)11-16(15)23-30(27,28)14-8-6-13(7-9-14)12-4-2-1-3-5-12/h6-9,12,15-16,23H,1-5,10-11H2,(H,22,24)/t15-,16-/m0/s1. The zero-order valence-electron chi connectivity index (χ0n) is 16.0. The van der Waals surface area contributed by atoms with Crippen LogP contribution < -0.4 is 10.0 Å². The number of hydrogen-bond donors (Lipinski definition) is 2. The Morgan fingerprint density at radius 3 is 2.10 bits per heavy atom. The summed E-state index contributed by atoms with van der Waals surface area (Å²) < 4.78 is 49.8. The molecular formula is C18H23Cl3N2O5S2. The van der Waals surface area contributed by atoms with Gasteiger partial charge in [0.15, 0.2) is 9.84 Å². The highest BCUT2D eigenvalue weighted by Crippen LogP contribution is 2.33. The van der Waals surface area contributed by atoms with Crippen LogP contribution in [0.5, 0.6) is 0 Å². The summed E-state index contributed by atoms with van der Waals surface area (Å²) in [6.45, 7) is 0. The van der Waals surface area contributed by atoms with Gasteiger partial charge in [-0.2, -0.15) is 0 Å². The molecule has 168 valence electrons. The SMILES string of the molecule is O=C(N[C@H]1CS(=O)(=O)C[C@@H]1NS(=O)(=O)c1ccc(C2CCCCC2)cc1)C(Cl)(Cl)Cl. The number of carbonyl (C=O) groups excluding carboxylic acids is 1. The second kappa shape index (κ2) is 9.11. The molecule has 3 rings (SSSR count). The van der Waals surface area contributed by atoms with Gasteiger partial charge in [-0.1, -0.05) is 66.2 Å². The number of benzene rings is 1. The maximum Gasteiger partial charge on any atom is 0.272 e. The van der Waals surface area contributed by atoms with Crippen molar-refractivity contribution in [3.63, 3.8) is 0 Å². The van der Waals surface area contributed by atoms with Crippen molar-refractivity contribution >= 4 is 60.6 Å². The summed E-state index contributed by atoms with van der Waals surface area (Å²) in [5.74, 6) is -1.50. The van der Waals surface area contributed by atoms with E-state index in [4.69, 9.17) is 34.8 Å². The van der Waals surface area contributed by atoms with Crippen molar-refractivity contribution < 1.29 is 21.6 Å². The Balaban J connectivity index is 1.74. The molecule has 1 aromatic rings. The quantitative estimate of drug-likeness (QED) is 0.584. The Labute approximate surface area is 191 Å². The molecule has 2 fully saturated rings. The molecule has 0 aromatic heterocycles. The molecule has 1 aliphatic heterocycles. The van der Waals surface area contributed by atoms with E-state index in [2.05, 4.69) is 10.0 Å². The first-order chi connectivity index (χ1) is 13.9. The average Bonchev–Trinajstić information content (AvgIpc) is 2.94. The third kappa shape index (κ3) is 6.01. The highest BCUT2D eigenvalue weighted by Gasteiger charge is 2.43. The first-order valence-corrected chi connectivity index (χ1v) is 14.0. The Morgan fingerprint density at radius 2 is 1.53 bits per heavy atom. The second-order valence-corrected chi connectivity index (χ2v) is 13.9. The van der Waals surface area contributed by atoms with Gasteiger partial charge in [0, 0.05) is 0 Å². The van der Waals surface area contributed by atoms with Gasteiger partial charge in [0.25, 0.3) is 9.70 Å². The molecule has 12 heteroatoms. The van der Waals surface area contributed by atoms with Crippen LogP contribution in [0.25, 0.3) is 0 Å². The molecule has 1 aliphatic carbocycles. The lowest BCUT2D eigenvalue weighted by molar-refractivity contribution is -0.120. The van der Waals surface area contributed by atoms with Crippen LogP contribution >= 0.6 is 34.8 Å². The van der Waals surface area contributed by atoms with Crippen molar-refractivity contribution in [2.45, 2.75) is 58.8 Å². The lowest BCUT2D eigenvalue weighted by Gasteiger charge is -2.23. The molecule has 1 heterocycles. The van der Waals surface area contributed by atoms with Gasteiger partial charge < -0.3 is 5.32 Å². The second-order valence-electron chi connectivity index (χ2n) is 7.79. The molecule has 2 N–H and O–H groups in total. The number of halogens is 3. The predicted molar refractivity (Wildman–Crippen MR) is 117 cm³/mol. The molecule has 0 bridgehead atoms. The van der Waals surface area contributed by atoms with Crippen LogP contribution in [0.2, 0.25) is 0 Å². The minimum atomic E-state index is -4.01. The fourth-order valence-corrected chi connectivity index (χ4v) is 7.39. The zero-order valence-corrected chi connectivity index (χ0v) is 19.9. The van der Waals surface area contributed by atoms with Crippen LogP contribution in [0.1, 0.15) is 43.6 Å². The van der Waals surface area contributed by atoms with E-state index in [-0.39, 0.29) is 4.90 Å². The monoisotopic (exact) mass is 516 g/mol. The first-order valence-electron chi connectivity index (χ1n) is 9.58. The summed E-state index contributed by atoms with van der Waals surface area (Å²) in [6, 6.07) is 4.52. The number of sulfone groups is 1. The van der Waals surface area contributed by atoms with Crippen molar-refractivity contribution in [1.82, 2.24) is 10.0 Å². The third-order valence-corrected chi connectivity index (χ3v) is 9.25. The molecule has 0 radical (unpaired) electrons. The number of alkyl halides is 3. The summed E-state index contributed by atoms with van der Waals surface area (Å²) in [5, 5.41) is 2.31. The Kier molecular flexibility index (Phi) is 7.31. The number of rotatable bonds is 5. The highest BCUT2D eigenvalue weighted by atomic mass is 35.6. The summed E-state index contributed by atoms with van der Waals surface area (Å²) >= 11 is 16.6. The number of hydrogen-bond acceptors (Lipinski definition) is 5. The van der Waals surface area contributed by atoms with Crippen molar-refractivity contribution in [2.75, 3.05) is 11.5 Å². The lowest BCUT2D eigenvalue weighted by atomic mass is 9.84. The van der Waals surface area contributed by atoms with Gasteiger partial charge >= 0.3 is 0 Å². The zero-order chi connectivity index (χ0) is 22.2. The molecule has 1 amide bonds. The summed E-state index contributed by atoms with van der Waals surface area (Å²) in [7, 11) is -7.59. The molecule has 0 unspecified atom stereocenters. The maximum atomic E-state index is 12.8. The van der Waals surface area contributed by atoms with Gasteiger partial charge in [-0.15, -0.1) is 0 Å². The third-order valence-electron chi connectivity index (χ3n) is 5.50. The largest absolute Gasteiger partial charge is 0.347 e. The Hall–Kier alpha value is -0.580. The van der Waals surface area contributed by atoms with E-state index >= 15 is 0 Å². The van der Waals surface area contributed by atoms with Gasteiger partial charge in [0.05, 0.1) is 28.5 Å². The number of nitrogens with one attached hydrogen (secondary N) is 2. The van der Waals surface area contributed by atoms with Crippen LogP contribution in [-0.4, -0.2) is 50.1 Å². The van der Waals surface area contributed by atoms with E-state index in [1.807, 2.05) is 0 Å². The minimum Gasteiger partial charge on any atom is -0.347 e. The van der Waals surface area contributed by atoms with Crippen molar-refractivity contribution in [1.29, 1.82) is 0 Å². The van der Waals surface area contributed by atoms with Gasteiger partial charge in [-0.25, -0.2) is 21.6 Å². The summed E-state index contributed by atoms with van der Waals surface area (Å²) in [6.07, 6.45) is 5.75. The van der Waals surface area contributed by atoms with Gasteiger partial charge in [-0.3, -0.25) is 4.79 Å². The Bertz CT molecular complexity index is 986. The molecule has 1 saturated carbocycles. The Morgan fingerprint density at radius 1 is 0.967 bits per heavy atom. The van der Waals surface area contributed by atoms with Gasteiger partial charge in [0.1, 0.15) is 0 Å². The fraction of sp³-hybridized carbons (Fsp3) is 0.611. The molecule has 2 atom stereocenters. The van der Waals surface area contributed by atoms with Crippen LogP contribution in [0, 0.1) is 0 Å². The molecule has 0 spiro atoms. The van der Waals surface area contributed by atoms with Crippen molar-refractivity contribution in [3.8, 4) is 0 Å². The van der Waals surface area contributed by atoms with Gasteiger partial charge in [-0.05, 0) is 36.5 Å². The van der Waals surface area contributed by atoms with Crippen LogP contribution in [0.4, 0.5) is 0 Å². The summed E-state index contributed by atoms with van der Waals surface area (Å²) in [4.78, 5) is 11.9. The topological polar surface area (TPSA) is 109 Å².